The molecule has 0 saturated carbocycles. The topological polar surface area (TPSA) is 49.4 Å². The fourth-order valence-electron chi connectivity index (χ4n) is 2.44. The zero-order valence-corrected chi connectivity index (χ0v) is 19.5. The van der Waals surface area contributed by atoms with Crippen molar-refractivity contribution >= 4 is 45.4 Å². The van der Waals surface area contributed by atoms with Gasteiger partial charge < -0.3 is 0 Å². The van der Waals surface area contributed by atoms with Crippen LogP contribution in [0.25, 0.3) is 0 Å². The molecule has 2 aliphatic rings. The lowest BCUT2D eigenvalue weighted by molar-refractivity contribution is 0.467. The van der Waals surface area contributed by atoms with Gasteiger partial charge in [0.1, 0.15) is 0 Å². The molecule has 2 unspecified atom stereocenters. The van der Waals surface area contributed by atoms with Gasteiger partial charge in [-0.05, 0) is 21.6 Å². The van der Waals surface area contributed by atoms with Crippen molar-refractivity contribution in [2.75, 3.05) is 0 Å². The molecule has 0 aromatic rings. The normalized spacial score (nSPS) is 29.1. The van der Waals surface area contributed by atoms with Gasteiger partial charge in [-0.3, -0.25) is 9.98 Å². The van der Waals surface area contributed by atoms with Gasteiger partial charge in [0.15, 0.2) is 0 Å². The minimum absolute atomic E-state index is 0.00414. The molecule has 0 N–H and O–H groups in total. The molecular formula is C20H34N4S2. The second-order valence-corrected chi connectivity index (χ2v) is 12.3. The molecule has 0 amide bonds. The van der Waals surface area contributed by atoms with Gasteiger partial charge in [-0.25, -0.2) is 9.98 Å². The van der Waals surface area contributed by atoms with Crippen molar-refractivity contribution < 1.29 is 0 Å². The van der Waals surface area contributed by atoms with Crippen LogP contribution in [-0.2, 0) is 0 Å². The molecule has 2 rings (SSSR count). The molecule has 2 atom stereocenters. The van der Waals surface area contributed by atoms with Gasteiger partial charge in [0.05, 0.1) is 11.4 Å². The Labute approximate surface area is 167 Å². The van der Waals surface area contributed by atoms with Crippen molar-refractivity contribution in [2.24, 2.45) is 42.6 Å². The molecule has 2 aliphatic heterocycles. The van der Waals surface area contributed by atoms with E-state index in [4.69, 9.17) is 20.0 Å². The number of nitrogens with zero attached hydrogens (tertiary/aromatic N) is 4. The molecule has 6 heteroatoms. The summed E-state index contributed by atoms with van der Waals surface area (Å²) in [5, 5.41) is 0. The molecule has 0 aromatic carbocycles. The standard InChI is InChI=1S/C20H34N4S2/c1-13(2)19(21-11-15(23-19)17(5,6)7)25-26-20(14(3)4)22-12-16(24-20)18(8,9)10/h11-14H,1-10H3. The lowest BCUT2D eigenvalue weighted by Crippen LogP contribution is -2.30. The average molecular weight is 395 g/mol. The minimum Gasteiger partial charge on any atom is -0.250 e. The fraction of sp³-hybridized carbons (Fsp3) is 0.800. The van der Waals surface area contributed by atoms with E-state index >= 15 is 0 Å². The maximum atomic E-state index is 5.05. The van der Waals surface area contributed by atoms with E-state index in [0.717, 1.165) is 11.4 Å². The molecule has 0 aliphatic carbocycles. The summed E-state index contributed by atoms with van der Waals surface area (Å²) in [6, 6.07) is 0. The molecule has 146 valence electrons. The van der Waals surface area contributed by atoms with E-state index in [1.54, 1.807) is 21.6 Å². The number of rotatable bonds is 5. The highest BCUT2D eigenvalue weighted by molar-refractivity contribution is 8.77. The van der Waals surface area contributed by atoms with Crippen LogP contribution in [0.5, 0.6) is 0 Å². The molecular weight excluding hydrogens is 360 g/mol. The van der Waals surface area contributed by atoms with Crippen LogP contribution in [0.4, 0.5) is 0 Å². The van der Waals surface area contributed by atoms with Crippen LogP contribution in [0.2, 0.25) is 0 Å². The van der Waals surface area contributed by atoms with Crippen LogP contribution < -0.4 is 0 Å². The summed E-state index contributed by atoms with van der Waals surface area (Å²) in [4.78, 5) is 18.8. The summed E-state index contributed by atoms with van der Waals surface area (Å²) in [7, 11) is 3.41. The highest BCUT2D eigenvalue weighted by Crippen LogP contribution is 2.54. The Hall–Kier alpha value is -0.620. The summed E-state index contributed by atoms with van der Waals surface area (Å²) in [6.45, 7) is 21.8. The van der Waals surface area contributed by atoms with Crippen LogP contribution in [0.15, 0.2) is 20.0 Å². The van der Waals surface area contributed by atoms with E-state index in [1.165, 1.54) is 0 Å². The number of hydrogen-bond donors (Lipinski definition) is 0. The molecule has 26 heavy (non-hydrogen) atoms. The fourth-order valence-corrected chi connectivity index (χ4v) is 5.91. The Bertz CT molecular complexity index is 604. The van der Waals surface area contributed by atoms with E-state index in [-0.39, 0.29) is 22.7 Å². The quantitative estimate of drug-likeness (QED) is 0.527. The summed E-state index contributed by atoms with van der Waals surface area (Å²) in [6.07, 6.45) is 3.91. The Kier molecular flexibility index (Phi) is 5.90. The van der Waals surface area contributed by atoms with E-state index in [9.17, 15) is 0 Å². The number of aliphatic imine (C=N–C) groups is 4. The third kappa shape index (κ3) is 4.27. The zero-order chi connectivity index (χ0) is 20.0. The Morgan fingerprint density at radius 1 is 0.692 bits per heavy atom. The van der Waals surface area contributed by atoms with E-state index in [2.05, 4.69) is 69.2 Å². The van der Waals surface area contributed by atoms with Crippen molar-refractivity contribution in [3.8, 4) is 0 Å². The van der Waals surface area contributed by atoms with Crippen molar-refractivity contribution in [1.82, 2.24) is 0 Å². The van der Waals surface area contributed by atoms with E-state index in [1.807, 2.05) is 12.4 Å². The van der Waals surface area contributed by atoms with Crippen LogP contribution in [0.3, 0.4) is 0 Å². The van der Waals surface area contributed by atoms with Crippen molar-refractivity contribution in [2.45, 2.75) is 79.2 Å². The second kappa shape index (κ2) is 7.08. The number of hydrogen-bond acceptors (Lipinski definition) is 6. The molecule has 2 heterocycles. The smallest absolute Gasteiger partial charge is 0.209 e. The van der Waals surface area contributed by atoms with Gasteiger partial charge in [0.25, 0.3) is 0 Å². The Morgan fingerprint density at radius 3 is 1.19 bits per heavy atom. The monoisotopic (exact) mass is 394 g/mol. The molecule has 4 nitrogen and oxygen atoms in total. The largest absolute Gasteiger partial charge is 0.250 e. The zero-order valence-electron chi connectivity index (χ0n) is 17.9. The summed E-state index contributed by atoms with van der Waals surface area (Å²) in [5.74, 6) is 0.577. The SMILES string of the molecule is CC(C)C1(SSC2(C(C)C)N=CC(C(C)(C)C)=N2)N=CC(C(C)(C)C)=N1. The molecule has 0 fully saturated rings. The van der Waals surface area contributed by atoms with Gasteiger partial charge in [-0.15, -0.1) is 0 Å². The van der Waals surface area contributed by atoms with E-state index < -0.39 is 9.99 Å². The molecule has 0 radical (unpaired) electrons. The van der Waals surface area contributed by atoms with Gasteiger partial charge in [0, 0.05) is 35.1 Å². The third-order valence-electron chi connectivity index (χ3n) is 4.63. The summed E-state index contributed by atoms with van der Waals surface area (Å²) >= 11 is 0. The molecule has 0 spiro atoms. The van der Waals surface area contributed by atoms with Crippen LogP contribution >= 0.6 is 21.6 Å². The third-order valence-corrected chi connectivity index (χ3v) is 8.26. The van der Waals surface area contributed by atoms with Crippen molar-refractivity contribution in [1.29, 1.82) is 0 Å². The van der Waals surface area contributed by atoms with Crippen LogP contribution in [0, 0.1) is 22.7 Å². The van der Waals surface area contributed by atoms with Crippen LogP contribution in [0.1, 0.15) is 69.2 Å². The predicted molar refractivity (Wildman–Crippen MR) is 121 cm³/mol. The van der Waals surface area contributed by atoms with E-state index in [0.29, 0.717) is 0 Å². The van der Waals surface area contributed by atoms with Crippen molar-refractivity contribution in [3.63, 3.8) is 0 Å². The first-order chi connectivity index (χ1) is 11.7. The average Bonchev–Trinajstić information content (AvgIpc) is 3.10. The van der Waals surface area contributed by atoms with Gasteiger partial charge in [-0.2, -0.15) is 0 Å². The highest BCUT2D eigenvalue weighted by atomic mass is 33.1. The van der Waals surface area contributed by atoms with Crippen LogP contribution in [-0.4, -0.2) is 33.8 Å². The molecule has 0 bridgehead atoms. The first-order valence-corrected chi connectivity index (χ1v) is 11.5. The minimum atomic E-state index is -0.495. The lowest BCUT2D eigenvalue weighted by atomic mass is 9.91. The predicted octanol–water partition coefficient (Wildman–Crippen LogP) is 6.13. The first kappa shape index (κ1) is 21.7. The summed E-state index contributed by atoms with van der Waals surface area (Å²) < 4.78 is 0. The van der Waals surface area contributed by atoms with Crippen molar-refractivity contribution in [3.05, 3.63) is 0 Å². The first-order valence-electron chi connectivity index (χ1n) is 9.40. The maximum Gasteiger partial charge on any atom is 0.209 e. The van der Waals surface area contributed by atoms with Gasteiger partial charge in [0.2, 0.25) is 9.99 Å². The lowest BCUT2D eigenvalue weighted by Gasteiger charge is -2.32. The molecule has 0 saturated heterocycles. The molecule has 0 aromatic heterocycles. The Balaban J connectivity index is 2.30. The van der Waals surface area contributed by atoms with Gasteiger partial charge in [-0.1, -0.05) is 69.2 Å². The maximum absolute atomic E-state index is 5.05. The highest BCUT2D eigenvalue weighted by Gasteiger charge is 2.45. The van der Waals surface area contributed by atoms with Gasteiger partial charge >= 0.3 is 0 Å². The Morgan fingerprint density at radius 2 is 1.00 bits per heavy atom. The second-order valence-electron chi connectivity index (χ2n) is 9.80. The summed E-state index contributed by atoms with van der Waals surface area (Å²) in [5.41, 5.74) is 2.13.